The van der Waals surface area contributed by atoms with E-state index in [1.807, 2.05) is 42.5 Å². The predicted molar refractivity (Wildman–Crippen MR) is 103 cm³/mol. The third-order valence-electron chi connectivity index (χ3n) is 3.52. The van der Waals surface area contributed by atoms with E-state index in [0.717, 1.165) is 11.1 Å². The van der Waals surface area contributed by atoms with Gasteiger partial charge in [0, 0.05) is 25.5 Å². The molecule has 0 aliphatic heterocycles. The second kappa shape index (κ2) is 10.4. The average Bonchev–Trinajstić information content (AvgIpc) is 2.63. The molecule has 1 aromatic heterocycles. The summed E-state index contributed by atoms with van der Waals surface area (Å²) in [6.07, 6.45) is 4.24. The highest BCUT2D eigenvalue weighted by Crippen LogP contribution is 2.01. The first-order valence-corrected chi connectivity index (χ1v) is 8.47. The molecule has 2 aromatic rings. The normalized spacial score (nSPS) is 10.2. The summed E-state index contributed by atoms with van der Waals surface area (Å²) in [4.78, 5) is 5.65. The van der Waals surface area contributed by atoms with Gasteiger partial charge in [0.1, 0.15) is 0 Å². The van der Waals surface area contributed by atoms with E-state index >= 15 is 0 Å². The zero-order valence-electron chi connectivity index (χ0n) is 14.0. The van der Waals surface area contributed by atoms with E-state index in [9.17, 15) is 0 Å². The molecule has 1 aromatic carbocycles. The molecule has 0 fully saturated rings. The second-order valence-electron chi connectivity index (χ2n) is 5.42. The number of benzene rings is 1. The monoisotopic (exact) mass is 357 g/mol. The van der Waals surface area contributed by atoms with Gasteiger partial charge in [0.05, 0.1) is 13.2 Å². The van der Waals surface area contributed by atoms with Gasteiger partial charge in [-0.3, -0.25) is 15.3 Å². The smallest absolute Gasteiger partial charge is 0.194 e. The Bertz CT molecular complexity index is 666. The van der Waals surface area contributed by atoms with Crippen molar-refractivity contribution in [2.45, 2.75) is 13.0 Å². The maximum atomic E-state index is 7.71. The Balaban J connectivity index is 1.70. The van der Waals surface area contributed by atoms with Crippen LogP contribution in [0.1, 0.15) is 11.1 Å². The number of hydrogen-bond acceptors (Lipinski definition) is 4. The molecule has 7 heteroatoms. The van der Waals surface area contributed by atoms with Crippen molar-refractivity contribution in [3.05, 3.63) is 66.0 Å². The number of rotatable bonds is 8. The fraction of sp³-hybridized carbons (Fsp3) is 0.278. The van der Waals surface area contributed by atoms with E-state index < -0.39 is 0 Å². The third-order valence-corrected chi connectivity index (χ3v) is 3.88. The lowest BCUT2D eigenvalue weighted by Gasteiger charge is -2.24. The van der Waals surface area contributed by atoms with Crippen molar-refractivity contribution in [1.82, 2.24) is 15.2 Å². The molecule has 0 amide bonds. The van der Waals surface area contributed by atoms with Crippen LogP contribution in [-0.4, -0.2) is 40.7 Å². The molecule has 0 radical (unpaired) electrons. The molecule has 0 saturated carbocycles. The maximum absolute atomic E-state index is 7.71. The van der Waals surface area contributed by atoms with Crippen LogP contribution in [0.3, 0.4) is 0 Å². The topological polar surface area (TPSA) is 87.3 Å². The van der Waals surface area contributed by atoms with Gasteiger partial charge in [0.25, 0.3) is 0 Å². The maximum Gasteiger partial charge on any atom is 0.194 e. The van der Waals surface area contributed by atoms with Gasteiger partial charge in [-0.1, -0.05) is 36.4 Å². The summed E-state index contributed by atoms with van der Waals surface area (Å²) in [7, 11) is 0. The number of guanidine groups is 1. The Labute approximate surface area is 153 Å². The summed E-state index contributed by atoms with van der Waals surface area (Å²) in [5.74, 6) is -0.0772. The standard InChI is InChI=1S/C18H23N5OS/c19-17(20)23(11-8-15-7-4-9-21-13-15)18(25)22-10-12-24-14-16-5-2-1-3-6-16/h1-7,9,13H,8,10-12,14H2,(H3,19,20)(H,22,25). The van der Waals surface area contributed by atoms with E-state index in [0.29, 0.717) is 37.8 Å². The fourth-order valence-electron chi connectivity index (χ4n) is 2.21. The van der Waals surface area contributed by atoms with Gasteiger partial charge in [-0.2, -0.15) is 0 Å². The van der Waals surface area contributed by atoms with E-state index in [4.69, 9.17) is 28.1 Å². The lowest BCUT2D eigenvalue weighted by Crippen LogP contribution is -2.48. The summed E-state index contributed by atoms with van der Waals surface area (Å²) in [5, 5.41) is 11.2. The van der Waals surface area contributed by atoms with Crippen molar-refractivity contribution < 1.29 is 4.74 Å². The number of aromatic nitrogens is 1. The molecule has 6 nitrogen and oxygen atoms in total. The zero-order chi connectivity index (χ0) is 17.9. The Morgan fingerprint density at radius 2 is 1.96 bits per heavy atom. The first-order valence-electron chi connectivity index (χ1n) is 8.07. The lowest BCUT2D eigenvalue weighted by atomic mass is 10.2. The molecule has 0 aliphatic carbocycles. The number of nitrogens with one attached hydrogen (secondary N) is 2. The summed E-state index contributed by atoms with van der Waals surface area (Å²) < 4.78 is 5.61. The number of nitrogens with zero attached hydrogens (tertiary/aromatic N) is 2. The highest BCUT2D eigenvalue weighted by atomic mass is 32.1. The molecule has 0 bridgehead atoms. The SMILES string of the molecule is N=C(N)N(CCc1cccnc1)C(=S)NCCOCc1ccccc1. The Morgan fingerprint density at radius 1 is 1.20 bits per heavy atom. The number of ether oxygens (including phenoxy) is 1. The molecule has 2 rings (SSSR count). The van der Waals surface area contributed by atoms with Crippen molar-refractivity contribution in [2.24, 2.45) is 5.73 Å². The van der Waals surface area contributed by atoms with Crippen molar-refractivity contribution >= 4 is 23.3 Å². The van der Waals surface area contributed by atoms with E-state index in [1.165, 1.54) is 0 Å². The molecule has 0 atom stereocenters. The summed E-state index contributed by atoms with van der Waals surface area (Å²) in [6.45, 7) is 2.16. The van der Waals surface area contributed by atoms with Crippen molar-refractivity contribution in [2.75, 3.05) is 19.7 Å². The molecular weight excluding hydrogens is 334 g/mol. The molecule has 0 unspecified atom stereocenters. The number of pyridine rings is 1. The minimum atomic E-state index is -0.0772. The predicted octanol–water partition coefficient (Wildman–Crippen LogP) is 1.91. The van der Waals surface area contributed by atoms with Crippen molar-refractivity contribution in [3.8, 4) is 0 Å². The number of thiocarbonyl (C=S) groups is 1. The highest BCUT2D eigenvalue weighted by Gasteiger charge is 2.12. The zero-order valence-corrected chi connectivity index (χ0v) is 14.8. The lowest BCUT2D eigenvalue weighted by molar-refractivity contribution is 0.125. The van der Waals surface area contributed by atoms with Gasteiger partial charge in [0.15, 0.2) is 11.1 Å². The first-order chi connectivity index (χ1) is 12.2. The summed E-state index contributed by atoms with van der Waals surface area (Å²) in [5.41, 5.74) is 7.85. The van der Waals surface area contributed by atoms with E-state index in [1.54, 1.807) is 17.3 Å². The molecule has 132 valence electrons. The van der Waals surface area contributed by atoms with E-state index in [-0.39, 0.29) is 5.96 Å². The molecule has 0 aliphatic rings. The van der Waals surface area contributed by atoms with Gasteiger partial charge in [0.2, 0.25) is 0 Å². The Morgan fingerprint density at radius 3 is 2.64 bits per heavy atom. The summed E-state index contributed by atoms with van der Waals surface area (Å²) >= 11 is 5.33. The third kappa shape index (κ3) is 6.86. The van der Waals surface area contributed by atoms with E-state index in [2.05, 4.69) is 10.3 Å². The number of hydrogen-bond donors (Lipinski definition) is 3. The van der Waals surface area contributed by atoms with Crippen LogP contribution in [0.25, 0.3) is 0 Å². The van der Waals surface area contributed by atoms with Crippen molar-refractivity contribution in [3.63, 3.8) is 0 Å². The minimum absolute atomic E-state index is 0.0772. The quantitative estimate of drug-likeness (QED) is 0.290. The van der Waals surface area contributed by atoms with Crippen LogP contribution in [0.2, 0.25) is 0 Å². The second-order valence-corrected chi connectivity index (χ2v) is 5.80. The van der Waals surface area contributed by atoms with Crippen LogP contribution in [0.4, 0.5) is 0 Å². The van der Waals surface area contributed by atoms with Crippen LogP contribution in [0, 0.1) is 5.41 Å². The van der Waals surface area contributed by atoms with Crippen LogP contribution in [0.15, 0.2) is 54.9 Å². The van der Waals surface area contributed by atoms with Gasteiger partial charge in [-0.25, -0.2) is 0 Å². The molecule has 25 heavy (non-hydrogen) atoms. The van der Waals surface area contributed by atoms with Crippen LogP contribution in [-0.2, 0) is 17.8 Å². The first kappa shape index (κ1) is 18.8. The summed E-state index contributed by atoms with van der Waals surface area (Å²) in [6, 6.07) is 13.9. The average molecular weight is 357 g/mol. The largest absolute Gasteiger partial charge is 0.375 e. The van der Waals surface area contributed by atoms with Gasteiger partial charge in [-0.05, 0) is 35.8 Å². The molecular formula is C18H23N5OS. The van der Waals surface area contributed by atoms with Crippen molar-refractivity contribution in [1.29, 1.82) is 5.41 Å². The van der Waals surface area contributed by atoms with Crippen LogP contribution >= 0.6 is 12.2 Å². The number of nitrogens with two attached hydrogens (primary N) is 1. The van der Waals surface area contributed by atoms with Crippen LogP contribution in [0.5, 0.6) is 0 Å². The van der Waals surface area contributed by atoms with Gasteiger partial charge >= 0.3 is 0 Å². The molecule has 4 N–H and O–H groups in total. The Hall–Kier alpha value is -2.51. The van der Waals surface area contributed by atoms with Crippen LogP contribution < -0.4 is 11.1 Å². The molecule has 0 saturated heterocycles. The minimum Gasteiger partial charge on any atom is -0.375 e. The molecule has 1 heterocycles. The van der Waals surface area contributed by atoms with Gasteiger partial charge < -0.3 is 15.8 Å². The highest BCUT2D eigenvalue weighted by molar-refractivity contribution is 7.80. The Kier molecular flexibility index (Phi) is 7.81. The fourth-order valence-corrected chi connectivity index (χ4v) is 2.50. The van der Waals surface area contributed by atoms with Gasteiger partial charge in [-0.15, -0.1) is 0 Å². The molecule has 0 spiro atoms.